The van der Waals surface area contributed by atoms with Crippen LogP contribution < -0.4 is 29.7 Å². The fourth-order valence-corrected chi connectivity index (χ4v) is 4.98. The highest BCUT2D eigenvalue weighted by Gasteiger charge is 2.30. The number of amides is 1. The van der Waals surface area contributed by atoms with Crippen LogP contribution in [0, 0.1) is 0 Å². The van der Waals surface area contributed by atoms with Crippen LogP contribution in [0.2, 0.25) is 0 Å². The van der Waals surface area contributed by atoms with E-state index in [0.29, 0.717) is 41.2 Å². The first-order chi connectivity index (χ1) is 18.1. The Bertz CT molecular complexity index is 1410. The number of rotatable bonds is 6. The van der Waals surface area contributed by atoms with Gasteiger partial charge < -0.3 is 24.3 Å². The number of carbonyl (C=O) groups excluding carboxylic acids is 1. The molecule has 3 aromatic rings. The molecule has 4 rings (SSSR count). The maximum Gasteiger partial charge on any atom is 0.251 e. The summed E-state index contributed by atoms with van der Waals surface area (Å²) in [6.45, 7) is 6.40. The van der Waals surface area contributed by atoms with Gasteiger partial charge in [0.2, 0.25) is 11.2 Å². The standard InChI is InChI=1S/C31H35NO6/c1-31(2,3)20-11-8-18(9-12-20)30(34)32-23-14-10-19-16-26(36-5)28(37-6)29(38-7)27(19)21-13-15-25(35-4)24(33)17-22(21)23/h8-9,11-13,15-17,23H,10,14H2,1-7H3,(H,32,34)/t23-/m0/s1. The molecule has 0 aromatic heterocycles. The SMILES string of the molecule is COc1cc2c(c(OC)c1OC)-c1ccc(OC)c(=O)cc1[C@@H](NC(=O)c1ccc(C(C)(C)C)cc1)CC2. The van der Waals surface area contributed by atoms with Crippen LogP contribution in [-0.2, 0) is 11.8 Å². The molecule has 0 saturated carbocycles. The highest BCUT2D eigenvalue weighted by Crippen LogP contribution is 2.50. The van der Waals surface area contributed by atoms with Gasteiger partial charge in [0.15, 0.2) is 17.2 Å². The zero-order valence-corrected chi connectivity index (χ0v) is 23.1. The molecule has 200 valence electrons. The first kappa shape index (κ1) is 27.0. The molecule has 1 aliphatic rings. The molecular formula is C31H35NO6. The van der Waals surface area contributed by atoms with Crippen LogP contribution in [0.15, 0.2) is 53.3 Å². The van der Waals surface area contributed by atoms with Crippen LogP contribution in [-0.4, -0.2) is 34.3 Å². The van der Waals surface area contributed by atoms with Crippen molar-refractivity contribution in [3.8, 4) is 34.1 Å². The maximum atomic E-state index is 13.4. The average molecular weight is 518 g/mol. The Morgan fingerprint density at radius 1 is 0.842 bits per heavy atom. The molecule has 0 saturated heterocycles. The van der Waals surface area contributed by atoms with E-state index in [1.54, 1.807) is 33.5 Å². The number of hydrogen-bond donors (Lipinski definition) is 1. The van der Waals surface area contributed by atoms with Gasteiger partial charge in [-0.1, -0.05) is 39.0 Å². The lowest BCUT2D eigenvalue weighted by Gasteiger charge is -2.21. The molecule has 1 amide bonds. The van der Waals surface area contributed by atoms with E-state index in [0.717, 1.165) is 22.3 Å². The van der Waals surface area contributed by atoms with E-state index in [1.807, 2.05) is 36.4 Å². The van der Waals surface area contributed by atoms with Crippen molar-refractivity contribution in [2.24, 2.45) is 0 Å². The van der Waals surface area contributed by atoms with Crippen molar-refractivity contribution in [1.82, 2.24) is 5.32 Å². The number of hydrogen-bond acceptors (Lipinski definition) is 6. The number of aryl methyl sites for hydroxylation is 1. The van der Waals surface area contributed by atoms with E-state index >= 15 is 0 Å². The van der Waals surface area contributed by atoms with Gasteiger partial charge in [0.1, 0.15) is 0 Å². The van der Waals surface area contributed by atoms with Gasteiger partial charge in [-0.15, -0.1) is 0 Å². The molecule has 1 aliphatic carbocycles. The van der Waals surface area contributed by atoms with Gasteiger partial charge >= 0.3 is 0 Å². The largest absolute Gasteiger partial charge is 0.493 e. The lowest BCUT2D eigenvalue weighted by Crippen LogP contribution is -2.29. The van der Waals surface area contributed by atoms with Crippen molar-refractivity contribution in [2.45, 2.75) is 45.1 Å². The van der Waals surface area contributed by atoms with E-state index < -0.39 is 6.04 Å². The Kier molecular flexibility index (Phi) is 7.67. The van der Waals surface area contributed by atoms with Crippen molar-refractivity contribution in [3.05, 3.63) is 81.0 Å². The first-order valence-corrected chi connectivity index (χ1v) is 12.6. The molecule has 7 heteroatoms. The summed E-state index contributed by atoms with van der Waals surface area (Å²) in [5.74, 6) is 1.52. The monoisotopic (exact) mass is 517 g/mol. The molecule has 0 unspecified atom stereocenters. The van der Waals surface area contributed by atoms with Gasteiger partial charge in [-0.25, -0.2) is 0 Å². The summed E-state index contributed by atoms with van der Waals surface area (Å²) in [4.78, 5) is 26.4. The molecule has 0 radical (unpaired) electrons. The van der Waals surface area contributed by atoms with Gasteiger partial charge in [0.25, 0.3) is 5.91 Å². The Morgan fingerprint density at radius 3 is 2.08 bits per heavy atom. The van der Waals surface area contributed by atoms with Gasteiger partial charge in [-0.3, -0.25) is 9.59 Å². The summed E-state index contributed by atoms with van der Waals surface area (Å²) < 4.78 is 22.4. The number of methoxy groups -OCH3 is 4. The highest BCUT2D eigenvalue weighted by atomic mass is 16.5. The number of nitrogens with one attached hydrogen (secondary N) is 1. The van der Waals surface area contributed by atoms with Gasteiger partial charge in [-0.05, 0) is 70.8 Å². The van der Waals surface area contributed by atoms with Crippen molar-refractivity contribution in [1.29, 1.82) is 0 Å². The lowest BCUT2D eigenvalue weighted by atomic mass is 9.86. The van der Waals surface area contributed by atoms with Crippen LogP contribution in [0.4, 0.5) is 0 Å². The summed E-state index contributed by atoms with van der Waals surface area (Å²) in [5, 5.41) is 3.18. The summed E-state index contributed by atoms with van der Waals surface area (Å²) in [7, 11) is 6.18. The van der Waals surface area contributed by atoms with E-state index in [9.17, 15) is 9.59 Å². The fraction of sp³-hybridized carbons (Fsp3) is 0.355. The number of ether oxygens (including phenoxy) is 4. The highest BCUT2D eigenvalue weighted by molar-refractivity contribution is 5.95. The normalized spacial score (nSPS) is 14.4. The molecule has 0 heterocycles. The van der Waals surface area contributed by atoms with Crippen molar-refractivity contribution < 1.29 is 23.7 Å². The number of benzene rings is 2. The van der Waals surface area contributed by atoms with E-state index in [-0.39, 0.29) is 22.5 Å². The summed E-state index contributed by atoms with van der Waals surface area (Å²) >= 11 is 0. The van der Waals surface area contributed by atoms with E-state index in [4.69, 9.17) is 18.9 Å². The van der Waals surface area contributed by atoms with Gasteiger partial charge in [0, 0.05) is 11.1 Å². The molecular weight excluding hydrogens is 482 g/mol. The van der Waals surface area contributed by atoms with Gasteiger partial charge in [-0.2, -0.15) is 0 Å². The van der Waals surface area contributed by atoms with E-state index in [2.05, 4.69) is 26.1 Å². The topological polar surface area (TPSA) is 83.1 Å². The Hall–Kier alpha value is -4.00. The Morgan fingerprint density at radius 2 is 1.50 bits per heavy atom. The van der Waals surface area contributed by atoms with Crippen LogP contribution in [0.25, 0.3) is 11.1 Å². The molecule has 1 N–H and O–H groups in total. The van der Waals surface area contributed by atoms with Crippen LogP contribution >= 0.6 is 0 Å². The zero-order valence-electron chi connectivity index (χ0n) is 23.1. The second kappa shape index (κ2) is 10.8. The lowest BCUT2D eigenvalue weighted by molar-refractivity contribution is 0.0935. The molecule has 0 bridgehead atoms. The van der Waals surface area contributed by atoms with Gasteiger partial charge in [0.05, 0.1) is 34.5 Å². The molecule has 7 nitrogen and oxygen atoms in total. The molecule has 1 atom stereocenters. The van der Waals surface area contributed by atoms with E-state index in [1.165, 1.54) is 7.11 Å². The Labute approximate surface area is 223 Å². The van der Waals surface area contributed by atoms with Crippen LogP contribution in [0.3, 0.4) is 0 Å². The second-order valence-electron chi connectivity index (χ2n) is 10.4. The minimum atomic E-state index is -0.432. The van der Waals surface area contributed by atoms with Crippen molar-refractivity contribution in [3.63, 3.8) is 0 Å². The molecule has 38 heavy (non-hydrogen) atoms. The van der Waals surface area contributed by atoms with Crippen molar-refractivity contribution in [2.75, 3.05) is 28.4 Å². The summed E-state index contributed by atoms with van der Waals surface area (Å²) in [6.07, 6.45) is 1.18. The average Bonchev–Trinajstić information content (AvgIpc) is 3.15. The maximum absolute atomic E-state index is 13.4. The molecule has 0 aliphatic heterocycles. The quantitative estimate of drug-likeness (QED) is 0.467. The fourth-order valence-electron chi connectivity index (χ4n) is 4.98. The minimum Gasteiger partial charge on any atom is -0.493 e. The third-order valence-corrected chi connectivity index (χ3v) is 7.04. The predicted octanol–water partition coefficient (Wildman–Crippen LogP) is 5.46. The zero-order chi connectivity index (χ0) is 27.6. The third kappa shape index (κ3) is 5.05. The minimum absolute atomic E-state index is 0.0134. The number of fused-ring (bicyclic) bond motifs is 3. The Balaban J connectivity index is 1.86. The smallest absolute Gasteiger partial charge is 0.251 e. The first-order valence-electron chi connectivity index (χ1n) is 12.6. The number of carbonyl (C=O) groups is 1. The van der Waals surface area contributed by atoms with Crippen molar-refractivity contribution >= 4 is 5.91 Å². The van der Waals surface area contributed by atoms with Crippen LogP contribution in [0.5, 0.6) is 23.0 Å². The second-order valence-corrected chi connectivity index (χ2v) is 10.4. The molecule has 0 spiro atoms. The van der Waals surface area contributed by atoms with Crippen LogP contribution in [0.1, 0.15) is 60.3 Å². The third-order valence-electron chi connectivity index (χ3n) is 7.04. The summed E-state index contributed by atoms with van der Waals surface area (Å²) in [5.41, 5.74) is 4.61. The predicted molar refractivity (Wildman–Crippen MR) is 148 cm³/mol. The molecule has 0 fully saturated rings. The molecule has 3 aromatic carbocycles. The summed E-state index contributed by atoms with van der Waals surface area (Å²) in [6, 6.07) is 14.2.